The highest BCUT2D eigenvalue weighted by Gasteiger charge is 2.20. The van der Waals surface area contributed by atoms with Crippen LogP contribution in [-0.2, 0) is 6.42 Å². The molecule has 0 saturated carbocycles. The van der Waals surface area contributed by atoms with Crippen LogP contribution in [-0.4, -0.2) is 43.2 Å². The Morgan fingerprint density at radius 3 is 2.60 bits per heavy atom. The zero-order chi connectivity index (χ0) is 14.1. The molecule has 0 spiro atoms. The molecule has 0 aliphatic carbocycles. The topological polar surface area (TPSA) is 18.5 Å². The summed E-state index contributed by atoms with van der Waals surface area (Å²) in [7, 11) is 0. The number of nitrogens with zero attached hydrogens (tertiary/aromatic N) is 2. The van der Waals surface area contributed by atoms with E-state index in [9.17, 15) is 0 Å². The van der Waals surface area contributed by atoms with Crippen LogP contribution in [0.25, 0.3) is 0 Å². The Morgan fingerprint density at radius 2 is 1.90 bits per heavy atom. The predicted molar refractivity (Wildman–Crippen MR) is 86.8 cm³/mol. The molecular formula is C17H27N3. The quantitative estimate of drug-likeness (QED) is 0.894. The van der Waals surface area contributed by atoms with E-state index in [-0.39, 0.29) is 0 Å². The molecule has 1 unspecified atom stereocenters. The highest BCUT2D eigenvalue weighted by molar-refractivity contribution is 5.62. The molecule has 20 heavy (non-hydrogen) atoms. The van der Waals surface area contributed by atoms with E-state index in [1.54, 1.807) is 0 Å². The van der Waals surface area contributed by atoms with Gasteiger partial charge in [-0.15, -0.1) is 0 Å². The van der Waals surface area contributed by atoms with E-state index in [2.05, 4.69) is 54.1 Å². The van der Waals surface area contributed by atoms with E-state index < -0.39 is 0 Å². The lowest BCUT2D eigenvalue weighted by molar-refractivity contribution is 0.209. The van der Waals surface area contributed by atoms with E-state index in [1.807, 2.05) is 0 Å². The van der Waals surface area contributed by atoms with Crippen molar-refractivity contribution in [2.75, 3.05) is 36.4 Å². The summed E-state index contributed by atoms with van der Waals surface area (Å²) >= 11 is 0. The molecule has 2 heterocycles. The Labute approximate surface area is 123 Å². The van der Waals surface area contributed by atoms with Crippen LogP contribution >= 0.6 is 0 Å². The minimum Gasteiger partial charge on any atom is -0.382 e. The van der Waals surface area contributed by atoms with Crippen LogP contribution in [0.1, 0.15) is 32.8 Å². The number of hydrogen-bond donors (Lipinski definition) is 1. The highest BCUT2D eigenvalue weighted by Crippen LogP contribution is 2.29. The monoisotopic (exact) mass is 273 g/mol. The molecule has 3 heteroatoms. The summed E-state index contributed by atoms with van der Waals surface area (Å²) in [6.45, 7) is 11.5. The number of aryl methyl sites for hydroxylation is 1. The third-order valence-corrected chi connectivity index (χ3v) is 4.75. The van der Waals surface area contributed by atoms with Gasteiger partial charge >= 0.3 is 0 Å². The van der Waals surface area contributed by atoms with Crippen molar-refractivity contribution in [2.45, 2.75) is 45.7 Å². The molecule has 0 radical (unpaired) electrons. The zero-order valence-corrected chi connectivity index (χ0v) is 13.0. The Kier molecular flexibility index (Phi) is 3.88. The molecule has 0 aromatic heterocycles. The summed E-state index contributed by atoms with van der Waals surface area (Å²) in [5.41, 5.74) is 4.24. The number of hydrogen-bond acceptors (Lipinski definition) is 3. The Morgan fingerprint density at radius 1 is 1.15 bits per heavy atom. The summed E-state index contributed by atoms with van der Waals surface area (Å²) < 4.78 is 0. The third kappa shape index (κ3) is 2.78. The second-order valence-electron chi connectivity index (χ2n) is 6.54. The van der Waals surface area contributed by atoms with Crippen molar-refractivity contribution in [2.24, 2.45) is 0 Å². The molecule has 1 atom stereocenters. The molecular weight excluding hydrogens is 246 g/mol. The summed E-state index contributed by atoms with van der Waals surface area (Å²) in [4.78, 5) is 5.11. The number of fused-ring (bicyclic) bond motifs is 1. The standard InChI is InChI=1S/C17H27N3/c1-13(2)19-8-10-20(11-9-19)16-6-7-17-15(12-16)5-4-14(3)18-17/h6-7,12-14,18H,4-5,8-11H2,1-3H3. The van der Waals surface area contributed by atoms with Gasteiger partial charge in [-0.2, -0.15) is 0 Å². The van der Waals surface area contributed by atoms with Crippen LogP contribution < -0.4 is 10.2 Å². The first-order valence-electron chi connectivity index (χ1n) is 8.02. The summed E-state index contributed by atoms with van der Waals surface area (Å²) in [5, 5.41) is 3.59. The Hall–Kier alpha value is -1.22. The second kappa shape index (κ2) is 5.65. The molecule has 2 aliphatic heterocycles. The molecule has 0 bridgehead atoms. The first-order chi connectivity index (χ1) is 9.63. The van der Waals surface area contributed by atoms with Crippen molar-refractivity contribution in [3.05, 3.63) is 23.8 Å². The van der Waals surface area contributed by atoms with E-state index >= 15 is 0 Å². The lowest BCUT2D eigenvalue weighted by Gasteiger charge is -2.38. The molecule has 1 aromatic carbocycles. The Bertz CT molecular complexity index is 461. The van der Waals surface area contributed by atoms with Gasteiger partial charge in [0.25, 0.3) is 0 Å². The lowest BCUT2D eigenvalue weighted by Crippen LogP contribution is -2.48. The molecule has 2 aliphatic rings. The van der Waals surface area contributed by atoms with Crippen LogP contribution in [0.3, 0.4) is 0 Å². The van der Waals surface area contributed by atoms with Gasteiger partial charge < -0.3 is 10.2 Å². The van der Waals surface area contributed by atoms with E-state index in [0.29, 0.717) is 12.1 Å². The van der Waals surface area contributed by atoms with Gasteiger partial charge in [0.05, 0.1) is 0 Å². The van der Waals surface area contributed by atoms with Crippen molar-refractivity contribution in [1.29, 1.82) is 0 Å². The van der Waals surface area contributed by atoms with Gasteiger partial charge in [0.15, 0.2) is 0 Å². The molecule has 1 saturated heterocycles. The SMILES string of the molecule is CC1CCc2cc(N3CCN(C(C)C)CC3)ccc2N1. The van der Waals surface area contributed by atoms with Gasteiger partial charge in [-0.1, -0.05) is 0 Å². The number of rotatable bonds is 2. The van der Waals surface area contributed by atoms with Gasteiger partial charge in [-0.05, 0) is 57.4 Å². The summed E-state index contributed by atoms with van der Waals surface area (Å²) in [6.07, 6.45) is 2.46. The van der Waals surface area contributed by atoms with Gasteiger partial charge in [-0.3, -0.25) is 4.90 Å². The molecule has 3 nitrogen and oxygen atoms in total. The predicted octanol–water partition coefficient (Wildman–Crippen LogP) is 2.96. The highest BCUT2D eigenvalue weighted by atomic mass is 15.3. The van der Waals surface area contributed by atoms with E-state index in [4.69, 9.17) is 0 Å². The average Bonchev–Trinajstić information content (AvgIpc) is 2.47. The summed E-state index contributed by atoms with van der Waals surface area (Å²) in [6, 6.07) is 8.25. The molecule has 0 amide bonds. The van der Waals surface area contributed by atoms with Crippen molar-refractivity contribution in [3.8, 4) is 0 Å². The fourth-order valence-corrected chi connectivity index (χ4v) is 3.33. The van der Waals surface area contributed by atoms with Crippen molar-refractivity contribution >= 4 is 11.4 Å². The van der Waals surface area contributed by atoms with Crippen molar-refractivity contribution in [3.63, 3.8) is 0 Å². The van der Waals surface area contributed by atoms with Gasteiger partial charge in [0, 0.05) is 49.6 Å². The van der Waals surface area contributed by atoms with Crippen LogP contribution in [0.15, 0.2) is 18.2 Å². The minimum atomic E-state index is 0.614. The first kappa shape index (κ1) is 13.7. The smallest absolute Gasteiger partial charge is 0.0376 e. The third-order valence-electron chi connectivity index (χ3n) is 4.75. The van der Waals surface area contributed by atoms with Crippen LogP contribution in [0.4, 0.5) is 11.4 Å². The van der Waals surface area contributed by atoms with Crippen LogP contribution in [0.2, 0.25) is 0 Å². The number of nitrogens with one attached hydrogen (secondary N) is 1. The van der Waals surface area contributed by atoms with Gasteiger partial charge in [-0.25, -0.2) is 0 Å². The molecule has 1 aromatic rings. The number of piperazine rings is 1. The van der Waals surface area contributed by atoms with E-state index in [1.165, 1.54) is 42.9 Å². The lowest BCUT2D eigenvalue weighted by atomic mass is 9.98. The van der Waals surface area contributed by atoms with Crippen LogP contribution in [0, 0.1) is 0 Å². The number of anilines is 2. The normalized spacial score (nSPS) is 23.6. The molecule has 1 fully saturated rings. The molecule has 110 valence electrons. The van der Waals surface area contributed by atoms with Crippen molar-refractivity contribution < 1.29 is 0 Å². The average molecular weight is 273 g/mol. The first-order valence-corrected chi connectivity index (χ1v) is 8.02. The van der Waals surface area contributed by atoms with Gasteiger partial charge in [0.2, 0.25) is 0 Å². The van der Waals surface area contributed by atoms with E-state index in [0.717, 1.165) is 13.1 Å². The number of benzene rings is 1. The van der Waals surface area contributed by atoms with Crippen LogP contribution in [0.5, 0.6) is 0 Å². The molecule has 1 N–H and O–H groups in total. The largest absolute Gasteiger partial charge is 0.382 e. The maximum Gasteiger partial charge on any atom is 0.0376 e. The Balaban J connectivity index is 1.70. The molecule has 3 rings (SSSR count). The second-order valence-corrected chi connectivity index (χ2v) is 6.54. The summed E-state index contributed by atoms with van der Waals surface area (Å²) in [5.74, 6) is 0. The van der Waals surface area contributed by atoms with Crippen molar-refractivity contribution in [1.82, 2.24) is 4.90 Å². The maximum atomic E-state index is 3.59. The fraction of sp³-hybridized carbons (Fsp3) is 0.647. The fourth-order valence-electron chi connectivity index (χ4n) is 3.33. The van der Waals surface area contributed by atoms with Gasteiger partial charge in [0.1, 0.15) is 0 Å². The minimum absolute atomic E-state index is 0.614. The maximum absolute atomic E-state index is 3.59. The zero-order valence-electron chi connectivity index (χ0n) is 13.0.